The number of para-hydroxylation sites is 1. The van der Waals surface area contributed by atoms with E-state index < -0.39 is 0 Å². The van der Waals surface area contributed by atoms with Crippen LogP contribution < -0.4 is 10.5 Å². The number of hydrogen-bond acceptors (Lipinski definition) is 8. The highest BCUT2D eigenvalue weighted by Crippen LogP contribution is 2.33. The van der Waals surface area contributed by atoms with Gasteiger partial charge in [-0.25, -0.2) is 0 Å². The van der Waals surface area contributed by atoms with Gasteiger partial charge < -0.3 is 29.1 Å². The van der Waals surface area contributed by atoms with Gasteiger partial charge in [0.1, 0.15) is 36.4 Å². The van der Waals surface area contributed by atoms with Crippen LogP contribution in [0.1, 0.15) is 29.5 Å². The molecule has 8 heteroatoms. The minimum atomic E-state index is -0.332. The zero-order chi connectivity index (χ0) is 26.2. The number of carbonyl (C=O) groups is 1. The van der Waals surface area contributed by atoms with Crippen LogP contribution in [-0.4, -0.2) is 37.9 Å². The number of aromatic nitrogens is 1. The number of ether oxygens (including phenoxy) is 4. The van der Waals surface area contributed by atoms with Crippen LogP contribution in [-0.2, 0) is 45.2 Å². The highest BCUT2D eigenvalue weighted by molar-refractivity contribution is 5.93. The first kappa shape index (κ1) is 26.3. The van der Waals surface area contributed by atoms with Crippen molar-refractivity contribution in [1.82, 2.24) is 4.98 Å². The van der Waals surface area contributed by atoms with Crippen LogP contribution in [0, 0.1) is 0 Å². The lowest BCUT2D eigenvalue weighted by Crippen LogP contribution is -2.21. The molecule has 2 heterocycles. The standard InChI is InChI=1S/C29H32N2O6/c1-19(16-33-2)36-28(32)14-22-6-4-5-7-27(22)35-17-20-10-23-13-25(18-34-3)37-29(23)26(11-20)21-8-9-31-24(12-21)15-30/h4-13,19H,14-18,30H2,1-3H3. The van der Waals surface area contributed by atoms with Crippen molar-refractivity contribution in [3.63, 3.8) is 0 Å². The van der Waals surface area contributed by atoms with Crippen molar-refractivity contribution in [3.05, 3.63) is 83.4 Å². The van der Waals surface area contributed by atoms with Crippen LogP contribution in [0.3, 0.4) is 0 Å². The van der Waals surface area contributed by atoms with Crippen LogP contribution in [0.2, 0.25) is 0 Å². The maximum atomic E-state index is 12.4. The molecular formula is C29H32N2O6. The number of fused-ring (bicyclic) bond motifs is 1. The number of esters is 1. The fourth-order valence-electron chi connectivity index (χ4n) is 4.18. The molecule has 8 nitrogen and oxygen atoms in total. The maximum Gasteiger partial charge on any atom is 0.310 e. The molecule has 0 aliphatic heterocycles. The lowest BCUT2D eigenvalue weighted by Gasteiger charge is -2.15. The minimum absolute atomic E-state index is 0.107. The van der Waals surface area contributed by atoms with Crippen molar-refractivity contribution in [2.45, 2.75) is 39.2 Å². The van der Waals surface area contributed by atoms with Crippen LogP contribution >= 0.6 is 0 Å². The largest absolute Gasteiger partial charge is 0.489 e. The highest BCUT2D eigenvalue weighted by atomic mass is 16.6. The van der Waals surface area contributed by atoms with Gasteiger partial charge in [-0.3, -0.25) is 9.78 Å². The molecular weight excluding hydrogens is 472 g/mol. The monoisotopic (exact) mass is 504 g/mol. The SMILES string of the molecule is COCc1cc2cc(COc3ccccc3CC(=O)OC(C)COC)cc(-c3ccnc(CN)c3)c2o1. The third-order valence-electron chi connectivity index (χ3n) is 5.79. The molecule has 0 radical (unpaired) electrons. The first-order valence-electron chi connectivity index (χ1n) is 12.1. The quantitative estimate of drug-likeness (QED) is 0.274. The molecule has 1 atom stereocenters. The molecule has 4 rings (SSSR count). The molecule has 2 aromatic heterocycles. The number of methoxy groups -OCH3 is 2. The van der Waals surface area contributed by atoms with Gasteiger partial charge in [0.05, 0.1) is 18.7 Å². The summed E-state index contributed by atoms with van der Waals surface area (Å²) in [4.78, 5) is 16.7. The van der Waals surface area contributed by atoms with Gasteiger partial charge in [0.15, 0.2) is 0 Å². The number of rotatable bonds is 12. The third-order valence-corrected chi connectivity index (χ3v) is 5.79. The Morgan fingerprint density at radius 2 is 1.89 bits per heavy atom. The Bertz CT molecular complexity index is 1350. The van der Waals surface area contributed by atoms with E-state index in [0.717, 1.165) is 44.7 Å². The van der Waals surface area contributed by atoms with Gasteiger partial charge >= 0.3 is 5.97 Å². The summed E-state index contributed by atoms with van der Waals surface area (Å²) in [5.41, 5.74) is 10.9. The van der Waals surface area contributed by atoms with Crippen molar-refractivity contribution < 1.29 is 28.2 Å². The van der Waals surface area contributed by atoms with Crippen LogP contribution in [0.15, 0.2) is 65.2 Å². The Morgan fingerprint density at radius 1 is 1.05 bits per heavy atom. The summed E-state index contributed by atoms with van der Waals surface area (Å²) in [6.07, 6.45) is 1.53. The van der Waals surface area contributed by atoms with E-state index in [1.54, 1.807) is 27.3 Å². The van der Waals surface area contributed by atoms with Crippen LogP contribution in [0.5, 0.6) is 5.75 Å². The number of hydrogen-bond donors (Lipinski definition) is 1. The predicted octanol–water partition coefficient (Wildman–Crippen LogP) is 4.80. The zero-order valence-electron chi connectivity index (χ0n) is 21.4. The second kappa shape index (κ2) is 12.5. The fraction of sp³-hybridized carbons (Fsp3) is 0.310. The molecule has 1 unspecified atom stereocenters. The van der Waals surface area contributed by atoms with Crippen LogP contribution in [0.25, 0.3) is 22.1 Å². The van der Waals surface area contributed by atoms with E-state index in [1.165, 1.54) is 0 Å². The Morgan fingerprint density at radius 3 is 2.68 bits per heavy atom. The van der Waals surface area contributed by atoms with Gasteiger partial charge in [0, 0.05) is 43.5 Å². The molecule has 0 aliphatic carbocycles. The Kier molecular flexibility index (Phi) is 8.90. The lowest BCUT2D eigenvalue weighted by molar-refractivity contribution is -0.149. The number of nitrogens with two attached hydrogens (primary N) is 1. The van der Waals surface area contributed by atoms with E-state index in [4.69, 9.17) is 29.1 Å². The average molecular weight is 505 g/mol. The van der Waals surface area contributed by atoms with Gasteiger partial charge in [-0.1, -0.05) is 18.2 Å². The number of benzene rings is 2. The number of nitrogens with zero attached hydrogens (tertiary/aromatic N) is 1. The molecule has 0 bridgehead atoms. The minimum Gasteiger partial charge on any atom is -0.489 e. The number of furan rings is 1. The summed E-state index contributed by atoms with van der Waals surface area (Å²) in [6.45, 7) is 3.16. The molecule has 0 saturated carbocycles. The first-order valence-corrected chi connectivity index (χ1v) is 12.1. The summed E-state index contributed by atoms with van der Waals surface area (Å²) >= 11 is 0. The van der Waals surface area contributed by atoms with Crippen molar-refractivity contribution >= 4 is 16.9 Å². The first-order chi connectivity index (χ1) is 18.0. The summed E-state index contributed by atoms with van der Waals surface area (Å²) in [6, 6.07) is 17.4. The molecule has 4 aromatic rings. The van der Waals surface area contributed by atoms with Crippen molar-refractivity contribution in [3.8, 4) is 16.9 Å². The summed E-state index contributed by atoms with van der Waals surface area (Å²) < 4.78 is 28.0. The van der Waals surface area contributed by atoms with E-state index in [2.05, 4.69) is 4.98 Å². The summed E-state index contributed by atoms with van der Waals surface area (Å²) in [5, 5.41) is 0.943. The van der Waals surface area contributed by atoms with Gasteiger partial charge in [-0.15, -0.1) is 0 Å². The number of pyridine rings is 1. The van der Waals surface area contributed by atoms with Crippen LogP contribution in [0.4, 0.5) is 0 Å². The zero-order valence-corrected chi connectivity index (χ0v) is 21.4. The Balaban J connectivity index is 1.60. The van der Waals surface area contributed by atoms with E-state index in [9.17, 15) is 4.79 Å². The second-order valence-corrected chi connectivity index (χ2v) is 8.78. The number of carbonyl (C=O) groups excluding carboxylic acids is 1. The maximum absolute atomic E-state index is 12.4. The lowest BCUT2D eigenvalue weighted by atomic mass is 10.0. The van der Waals surface area contributed by atoms with Gasteiger partial charge in [-0.2, -0.15) is 0 Å². The van der Waals surface area contributed by atoms with Crippen molar-refractivity contribution in [2.24, 2.45) is 5.73 Å². The molecule has 0 fully saturated rings. The molecule has 0 spiro atoms. The third kappa shape index (κ3) is 6.74. The summed E-state index contributed by atoms with van der Waals surface area (Å²) in [5.74, 6) is 1.03. The van der Waals surface area contributed by atoms with E-state index >= 15 is 0 Å². The predicted molar refractivity (Wildman–Crippen MR) is 140 cm³/mol. The average Bonchev–Trinajstić information content (AvgIpc) is 3.30. The van der Waals surface area contributed by atoms with E-state index in [-0.39, 0.29) is 18.5 Å². The van der Waals surface area contributed by atoms with Gasteiger partial charge in [0.2, 0.25) is 0 Å². The molecule has 194 valence electrons. The topological polar surface area (TPSA) is 106 Å². The fourth-order valence-corrected chi connectivity index (χ4v) is 4.18. The Hall–Kier alpha value is -3.72. The van der Waals surface area contributed by atoms with E-state index in [1.807, 2.05) is 54.6 Å². The van der Waals surface area contributed by atoms with Crippen molar-refractivity contribution in [2.75, 3.05) is 20.8 Å². The molecule has 2 aromatic carbocycles. The molecule has 0 aliphatic rings. The van der Waals surface area contributed by atoms with Crippen molar-refractivity contribution in [1.29, 1.82) is 0 Å². The van der Waals surface area contributed by atoms with E-state index in [0.29, 0.717) is 32.1 Å². The normalized spacial score (nSPS) is 12.0. The van der Waals surface area contributed by atoms with Gasteiger partial charge in [-0.05, 0) is 54.4 Å². The smallest absolute Gasteiger partial charge is 0.310 e. The summed E-state index contributed by atoms with van der Waals surface area (Å²) in [7, 11) is 3.21. The molecule has 37 heavy (non-hydrogen) atoms. The molecule has 0 amide bonds. The second-order valence-electron chi connectivity index (χ2n) is 8.78. The highest BCUT2D eigenvalue weighted by Gasteiger charge is 2.16. The van der Waals surface area contributed by atoms with Gasteiger partial charge in [0.25, 0.3) is 0 Å². The Labute approximate surface area is 216 Å². The molecule has 0 saturated heterocycles. The molecule has 2 N–H and O–H groups in total.